The van der Waals surface area contributed by atoms with Gasteiger partial charge in [0, 0.05) is 18.5 Å². The number of piperidine rings is 1. The van der Waals surface area contributed by atoms with Crippen LogP contribution in [-0.2, 0) is 11.0 Å². The lowest BCUT2D eigenvalue weighted by atomic mass is 9.84. The van der Waals surface area contributed by atoms with Crippen LogP contribution in [0.15, 0.2) is 24.3 Å². The third-order valence-electron chi connectivity index (χ3n) is 5.07. The average molecular weight is 340 g/mol. The second kappa shape index (κ2) is 6.75. The number of amides is 1. The number of halogens is 3. The second-order valence-electron chi connectivity index (χ2n) is 6.97. The first-order chi connectivity index (χ1) is 11.4. The molecule has 0 bridgehead atoms. The van der Waals surface area contributed by atoms with Crippen molar-refractivity contribution < 1.29 is 18.0 Å². The predicted octanol–water partition coefficient (Wildman–Crippen LogP) is 3.61. The van der Waals surface area contributed by atoms with E-state index in [1.54, 1.807) is 12.1 Å². The third kappa shape index (κ3) is 3.91. The molecule has 132 valence electrons. The largest absolute Gasteiger partial charge is 0.416 e. The van der Waals surface area contributed by atoms with Crippen LogP contribution in [0.4, 0.5) is 13.2 Å². The molecule has 2 fully saturated rings. The molecular weight excluding hydrogens is 317 g/mol. The Morgan fingerprint density at radius 3 is 2.46 bits per heavy atom. The van der Waals surface area contributed by atoms with Gasteiger partial charge in [0.25, 0.3) is 0 Å². The highest BCUT2D eigenvalue weighted by Crippen LogP contribution is 2.37. The van der Waals surface area contributed by atoms with Crippen LogP contribution in [0.3, 0.4) is 0 Å². The van der Waals surface area contributed by atoms with Crippen molar-refractivity contribution in [3.8, 4) is 0 Å². The van der Waals surface area contributed by atoms with Crippen LogP contribution < -0.4 is 5.32 Å². The van der Waals surface area contributed by atoms with Gasteiger partial charge in [0.05, 0.1) is 5.56 Å². The lowest BCUT2D eigenvalue weighted by Gasteiger charge is -2.39. The van der Waals surface area contributed by atoms with Gasteiger partial charge in [0.15, 0.2) is 0 Å². The molecule has 2 atom stereocenters. The number of benzene rings is 1. The molecule has 1 saturated carbocycles. The number of hydrogen-bond donors (Lipinski definition) is 1. The Kier molecular flexibility index (Phi) is 4.85. The number of likely N-dealkylation sites (tertiary alicyclic amines) is 1. The van der Waals surface area contributed by atoms with Crippen LogP contribution in [0, 0.1) is 11.8 Å². The summed E-state index contributed by atoms with van der Waals surface area (Å²) in [5, 5.41) is 3.02. The van der Waals surface area contributed by atoms with E-state index in [-0.39, 0.29) is 23.8 Å². The highest BCUT2D eigenvalue weighted by atomic mass is 19.4. The van der Waals surface area contributed by atoms with Crippen molar-refractivity contribution in [3.05, 3.63) is 35.4 Å². The van der Waals surface area contributed by atoms with E-state index in [1.165, 1.54) is 0 Å². The zero-order chi connectivity index (χ0) is 17.3. The highest BCUT2D eigenvalue weighted by molar-refractivity contribution is 5.80. The average Bonchev–Trinajstić information content (AvgIpc) is 3.37. The van der Waals surface area contributed by atoms with Crippen molar-refractivity contribution in [2.75, 3.05) is 20.1 Å². The molecule has 1 aliphatic carbocycles. The molecule has 0 aromatic heterocycles. The zero-order valence-corrected chi connectivity index (χ0v) is 13.8. The fraction of sp³-hybridized carbons (Fsp3) is 0.611. The Balaban J connectivity index is 1.72. The van der Waals surface area contributed by atoms with Crippen molar-refractivity contribution >= 4 is 5.91 Å². The van der Waals surface area contributed by atoms with Crippen molar-refractivity contribution in [2.24, 2.45) is 11.8 Å². The maximum Gasteiger partial charge on any atom is 0.416 e. The summed E-state index contributed by atoms with van der Waals surface area (Å²) in [4.78, 5) is 14.1. The molecule has 2 aliphatic rings. The molecule has 0 radical (unpaired) electrons. The van der Waals surface area contributed by atoms with Gasteiger partial charge in [-0.1, -0.05) is 12.1 Å². The summed E-state index contributed by atoms with van der Waals surface area (Å²) in [5.41, 5.74) is 0.263. The Bertz CT molecular complexity index is 581. The molecule has 1 aliphatic heterocycles. The molecule has 1 N–H and O–H groups in total. The summed E-state index contributed by atoms with van der Waals surface area (Å²) in [6.07, 6.45) is -0.356. The Hall–Kier alpha value is -1.56. The molecule has 24 heavy (non-hydrogen) atoms. The molecule has 3 rings (SSSR count). The van der Waals surface area contributed by atoms with E-state index in [9.17, 15) is 18.0 Å². The minimum absolute atomic E-state index is 0.0422. The number of rotatable bonds is 4. The van der Waals surface area contributed by atoms with E-state index in [2.05, 4.69) is 10.2 Å². The summed E-state index contributed by atoms with van der Waals surface area (Å²) in [6, 6.07) is 5.49. The summed E-state index contributed by atoms with van der Waals surface area (Å²) in [7, 11) is 2.00. The molecular formula is C18H23F3N2O. The van der Waals surface area contributed by atoms with E-state index in [0.29, 0.717) is 6.54 Å². The number of carbonyl (C=O) groups is 1. The lowest BCUT2D eigenvalue weighted by Crippen LogP contribution is -2.42. The number of nitrogens with one attached hydrogen (secondary N) is 1. The van der Waals surface area contributed by atoms with Gasteiger partial charge in [-0.25, -0.2) is 0 Å². The van der Waals surface area contributed by atoms with E-state index in [1.807, 2.05) is 7.05 Å². The van der Waals surface area contributed by atoms with Gasteiger partial charge < -0.3 is 5.32 Å². The number of nitrogens with zero attached hydrogens (tertiary/aromatic N) is 1. The highest BCUT2D eigenvalue weighted by Gasteiger charge is 2.35. The Labute approximate surface area is 140 Å². The quantitative estimate of drug-likeness (QED) is 0.908. The molecule has 1 aromatic rings. The number of alkyl halides is 3. The minimum Gasteiger partial charge on any atom is -0.356 e. The summed E-state index contributed by atoms with van der Waals surface area (Å²) >= 11 is 0. The maximum absolute atomic E-state index is 12.7. The molecule has 1 aromatic carbocycles. The van der Waals surface area contributed by atoms with Crippen LogP contribution >= 0.6 is 0 Å². The van der Waals surface area contributed by atoms with Gasteiger partial charge >= 0.3 is 6.18 Å². The van der Waals surface area contributed by atoms with Crippen molar-refractivity contribution in [3.63, 3.8) is 0 Å². The third-order valence-corrected chi connectivity index (χ3v) is 5.07. The first-order valence-corrected chi connectivity index (χ1v) is 8.51. The van der Waals surface area contributed by atoms with Gasteiger partial charge in [-0.15, -0.1) is 0 Å². The number of carbonyl (C=O) groups excluding carboxylic acids is 1. The van der Waals surface area contributed by atoms with Crippen LogP contribution in [-0.4, -0.2) is 30.9 Å². The van der Waals surface area contributed by atoms with Gasteiger partial charge in [-0.3, -0.25) is 9.69 Å². The normalized spacial score (nSPS) is 25.5. The molecule has 0 unspecified atom stereocenters. The topological polar surface area (TPSA) is 32.3 Å². The van der Waals surface area contributed by atoms with Crippen molar-refractivity contribution in [1.29, 1.82) is 0 Å². The van der Waals surface area contributed by atoms with Crippen molar-refractivity contribution in [2.45, 2.75) is 37.9 Å². The zero-order valence-electron chi connectivity index (χ0n) is 13.8. The predicted molar refractivity (Wildman–Crippen MR) is 85.3 cm³/mol. The van der Waals surface area contributed by atoms with Gasteiger partial charge in [0.2, 0.25) is 5.91 Å². The van der Waals surface area contributed by atoms with Gasteiger partial charge in [-0.05, 0) is 62.9 Å². The fourth-order valence-electron chi connectivity index (χ4n) is 3.59. The second-order valence-corrected chi connectivity index (χ2v) is 6.97. The SMILES string of the molecule is CN1CCC[C@@H](CNC(=O)C2CC2)[C@H]1c1ccc(C(F)(F)F)cc1. The summed E-state index contributed by atoms with van der Waals surface area (Å²) < 4.78 is 38.2. The van der Waals surface area contributed by atoms with Crippen LogP contribution in [0.25, 0.3) is 0 Å². The van der Waals surface area contributed by atoms with Gasteiger partial charge in [-0.2, -0.15) is 13.2 Å². The van der Waals surface area contributed by atoms with E-state index in [4.69, 9.17) is 0 Å². The van der Waals surface area contributed by atoms with E-state index < -0.39 is 11.7 Å². The van der Waals surface area contributed by atoms with E-state index in [0.717, 1.165) is 49.9 Å². The monoisotopic (exact) mass is 340 g/mol. The first-order valence-electron chi connectivity index (χ1n) is 8.51. The molecule has 1 amide bonds. The standard InChI is InChI=1S/C18H23F3N2O/c1-23-10-2-3-14(11-22-17(24)13-4-5-13)16(23)12-6-8-15(9-7-12)18(19,20)21/h6-9,13-14,16H,2-5,10-11H2,1H3,(H,22,24)/t14-,16+/m0/s1. The van der Waals surface area contributed by atoms with Crippen LogP contribution in [0.1, 0.15) is 42.9 Å². The molecule has 1 saturated heterocycles. The molecule has 3 nitrogen and oxygen atoms in total. The lowest BCUT2D eigenvalue weighted by molar-refractivity contribution is -0.137. The van der Waals surface area contributed by atoms with Gasteiger partial charge in [0.1, 0.15) is 0 Å². The first kappa shape index (κ1) is 17.3. The van der Waals surface area contributed by atoms with E-state index >= 15 is 0 Å². The van der Waals surface area contributed by atoms with Crippen LogP contribution in [0.5, 0.6) is 0 Å². The summed E-state index contributed by atoms with van der Waals surface area (Å²) in [5.74, 6) is 0.522. The number of hydrogen-bond acceptors (Lipinski definition) is 2. The molecule has 6 heteroatoms. The summed E-state index contributed by atoms with van der Waals surface area (Å²) in [6.45, 7) is 1.50. The fourth-order valence-corrected chi connectivity index (χ4v) is 3.59. The smallest absolute Gasteiger partial charge is 0.356 e. The molecule has 0 spiro atoms. The van der Waals surface area contributed by atoms with Crippen LogP contribution in [0.2, 0.25) is 0 Å². The Morgan fingerprint density at radius 1 is 1.21 bits per heavy atom. The van der Waals surface area contributed by atoms with Crippen molar-refractivity contribution in [1.82, 2.24) is 10.2 Å². The maximum atomic E-state index is 12.7. The Morgan fingerprint density at radius 2 is 1.88 bits per heavy atom. The molecule has 1 heterocycles. The minimum atomic E-state index is -4.31.